The highest BCUT2D eigenvalue weighted by atomic mass is 32.2. The van der Waals surface area contributed by atoms with Gasteiger partial charge in [-0.25, -0.2) is 0 Å². The molecule has 0 amide bonds. The van der Waals surface area contributed by atoms with Crippen molar-refractivity contribution < 1.29 is 9.47 Å². The summed E-state index contributed by atoms with van der Waals surface area (Å²) in [7, 11) is 3.33. The molecular formula is C12H19NO2S. The molecule has 0 saturated carbocycles. The average Bonchev–Trinajstić information content (AvgIpc) is 2.34. The summed E-state index contributed by atoms with van der Waals surface area (Å²) in [5.74, 6) is 1.60. The van der Waals surface area contributed by atoms with Crippen molar-refractivity contribution >= 4 is 11.8 Å². The summed E-state index contributed by atoms with van der Waals surface area (Å²) in [5.41, 5.74) is 6.76. The van der Waals surface area contributed by atoms with Gasteiger partial charge in [-0.1, -0.05) is 0 Å². The Hall–Kier alpha value is -0.870. The van der Waals surface area contributed by atoms with Crippen molar-refractivity contribution in [2.75, 3.05) is 27.0 Å². The van der Waals surface area contributed by atoms with Crippen LogP contribution in [-0.2, 0) is 6.42 Å². The van der Waals surface area contributed by atoms with Crippen LogP contribution in [0.25, 0.3) is 0 Å². The zero-order chi connectivity index (χ0) is 12.0. The van der Waals surface area contributed by atoms with Gasteiger partial charge >= 0.3 is 0 Å². The number of hydrogen-bond acceptors (Lipinski definition) is 4. The van der Waals surface area contributed by atoms with Crippen LogP contribution in [0.5, 0.6) is 11.5 Å². The van der Waals surface area contributed by atoms with Gasteiger partial charge in [-0.2, -0.15) is 0 Å². The molecule has 0 aliphatic carbocycles. The Bertz CT molecular complexity index is 317. The molecule has 0 bridgehead atoms. The highest BCUT2D eigenvalue weighted by molar-refractivity contribution is 7.98. The minimum absolute atomic E-state index is 0.711. The fourth-order valence-electron chi connectivity index (χ4n) is 1.59. The van der Waals surface area contributed by atoms with E-state index in [1.807, 2.05) is 12.3 Å². The molecule has 0 atom stereocenters. The number of methoxy groups -OCH3 is 2. The standard InChI is InChI=1S/C12H19NO2S/c1-14-10-7-9(5-4-6-13)8-11(16-3)12(10)15-2/h7-8H,4-6,13H2,1-3H3. The number of rotatable bonds is 6. The predicted octanol–water partition coefficient (Wildman–Crippen LogP) is 2.32. The molecule has 0 fully saturated rings. The normalized spacial score (nSPS) is 10.2. The van der Waals surface area contributed by atoms with E-state index in [0.717, 1.165) is 29.2 Å². The highest BCUT2D eigenvalue weighted by Crippen LogP contribution is 2.37. The lowest BCUT2D eigenvalue weighted by molar-refractivity contribution is 0.347. The van der Waals surface area contributed by atoms with Crippen LogP contribution >= 0.6 is 11.8 Å². The van der Waals surface area contributed by atoms with Crippen LogP contribution in [0.4, 0.5) is 0 Å². The Labute approximate surface area is 101 Å². The van der Waals surface area contributed by atoms with Gasteiger partial charge in [0.05, 0.1) is 19.1 Å². The van der Waals surface area contributed by atoms with Crippen molar-refractivity contribution in [2.45, 2.75) is 17.7 Å². The molecule has 0 heterocycles. The van der Waals surface area contributed by atoms with Crippen LogP contribution in [0, 0.1) is 0 Å². The Morgan fingerprint density at radius 1 is 1.25 bits per heavy atom. The summed E-state index contributed by atoms with van der Waals surface area (Å²) >= 11 is 1.66. The molecule has 0 saturated heterocycles. The molecule has 3 nitrogen and oxygen atoms in total. The largest absolute Gasteiger partial charge is 0.493 e. The van der Waals surface area contributed by atoms with Gasteiger partial charge in [0, 0.05) is 0 Å². The molecule has 0 aliphatic heterocycles. The summed E-state index contributed by atoms with van der Waals surface area (Å²) in [4.78, 5) is 1.11. The Morgan fingerprint density at radius 3 is 2.50 bits per heavy atom. The second-order valence-corrected chi connectivity index (χ2v) is 4.27. The van der Waals surface area contributed by atoms with E-state index < -0.39 is 0 Å². The summed E-state index contributed by atoms with van der Waals surface area (Å²) in [6, 6.07) is 4.16. The number of ether oxygens (including phenoxy) is 2. The van der Waals surface area contributed by atoms with Crippen molar-refractivity contribution in [1.29, 1.82) is 0 Å². The maximum atomic E-state index is 5.51. The summed E-state index contributed by atoms with van der Waals surface area (Å²) in [6.07, 6.45) is 4.00. The third-order valence-electron chi connectivity index (χ3n) is 2.39. The molecule has 4 heteroatoms. The van der Waals surface area contributed by atoms with E-state index in [1.165, 1.54) is 5.56 Å². The van der Waals surface area contributed by atoms with Crippen molar-refractivity contribution in [2.24, 2.45) is 5.73 Å². The van der Waals surface area contributed by atoms with Gasteiger partial charge in [0.15, 0.2) is 11.5 Å². The van der Waals surface area contributed by atoms with Gasteiger partial charge in [-0.3, -0.25) is 0 Å². The molecule has 0 spiro atoms. The topological polar surface area (TPSA) is 44.5 Å². The lowest BCUT2D eigenvalue weighted by atomic mass is 10.1. The quantitative estimate of drug-likeness (QED) is 0.776. The molecule has 0 aliphatic rings. The third-order valence-corrected chi connectivity index (χ3v) is 3.14. The van der Waals surface area contributed by atoms with Crippen molar-refractivity contribution in [1.82, 2.24) is 0 Å². The second kappa shape index (κ2) is 6.66. The van der Waals surface area contributed by atoms with Gasteiger partial charge in [0.1, 0.15) is 0 Å². The first-order valence-electron chi connectivity index (χ1n) is 5.25. The Kier molecular flexibility index (Phi) is 5.49. The van der Waals surface area contributed by atoms with E-state index in [4.69, 9.17) is 15.2 Å². The number of hydrogen-bond donors (Lipinski definition) is 1. The van der Waals surface area contributed by atoms with Crippen LogP contribution in [0.3, 0.4) is 0 Å². The lowest BCUT2D eigenvalue weighted by Crippen LogP contribution is -2.01. The Morgan fingerprint density at radius 2 is 2.00 bits per heavy atom. The molecule has 0 radical (unpaired) electrons. The molecule has 0 unspecified atom stereocenters. The molecule has 90 valence electrons. The smallest absolute Gasteiger partial charge is 0.174 e. The van der Waals surface area contributed by atoms with E-state index in [-0.39, 0.29) is 0 Å². The fraction of sp³-hybridized carbons (Fsp3) is 0.500. The maximum Gasteiger partial charge on any atom is 0.174 e. The van der Waals surface area contributed by atoms with Crippen molar-refractivity contribution in [3.8, 4) is 11.5 Å². The number of aryl methyl sites for hydroxylation is 1. The monoisotopic (exact) mass is 241 g/mol. The van der Waals surface area contributed by atoms with Crippen LogP contribution in [0.15, 0.2) is 17.0 Å². The van der Waals surface area contributed by atoms with Crippen LogP contribution < -0.4 is 15.2 Å². The highest BCUT2D eigenvalue weighted by Gasteiger charge is 2.11. The predicted molar refractivity (Wildman–Crippen MR) is 68.7 cm³/mol. The molecule has 1 rings (SSSR count). The van der Waals surface area contributed by atoms with Crippen LogP contribution in [0.2, 0.25) is 0 Å². The second-order valence-electron chi connectivity index (χ2n) is 3.43. The van der Waals surface area contributed by atoms with Gasteiger partial charge in [0.2, 0.25) is 0 Å². The Balaban J connectivity index is 3.05. The average molecular weight is 241 g/mol. The van der Waals surface area contributed by atoms with Gasteiger partial charge in [-0.15, -0.1) is 11.8 Å². The third kappa shape index (κ3) is 3.06. The summed E-state index contributed by atoms with van der Waals surface area (Å²) in [6.45, 7) is 0.711. The first-order chi connectivity index (χ1) is 7.76. The van der Waals surface area contributed by atoms with E-state index in [1.54, 1.807) is 26.0 Å². The number of nitrogens with two attached hydrogens (primary N) is 1. The lowest BCUT2D eigenvalue weighted by Gasteiger charge is -2.13. The maximum absolute atomic E-state index is 5.51. The molecule has 1 aromatic carbocycles. The van der Waals surface area contributed by atoms with Gasteiger partial charge < -0.3 is 15.2 Å². The minimum Gasteiger partial charge on any atom is -0.493 e. The molecule has 2 N–H and O–H groups in total. The van der Waals surface area contributed by atoms with Crippen molar-refractivity contribution in [3.63, 3.8) is 0 Å². The molecular weight excluding hydrogens is 222 g/mol. The summed E-state index contributed by atoms with van der Waals surface area (Å²) in [5, 5.41) is 0. The van der Waals surface area contributed by atoms with Crippen LogP contribution in [-0.4, -0.2) is 27.0 Å². The molecule has 0 aromatic heterocycles. The van der Waals surface area contributed by atoms with E-state index >= 15 is 0 Å². The first-order valence-corrected chi connectivity index (χ1v) is 6.48. The summed E-state index contributed by atoms with van der Waals surface area (Å²) < 4.78 is 10.7. The molecule has 16 heavy (non-hydrogen) atoms. The zero-order valence-electron chi connectivity index (χ0n) is 10.1. The SMILES string of the molecule is COc1cc(CCCN)cc(SC)c1OC. The first kappa shape index (κ1) is 13.2. The minimum atomic E-state index is 0.711. The van der Waals surface area contributed by atoms with Crippen molar-refractivity contribution in [3.05, 3.63) is 17.7 Å². The zero-order valence-corrected chi connectivity index (χ0v) is 10.9. The number of benzene rings is 1. The van der Waals surface area contributed by atoms with E-state index in [9.17, 15) is 0 Å². The molecule has 1 aromatic rings. The van der Waals surface area contributed by atoms with Crippen LogP contribution in [0.1, 0.15) is 12.0 Å². The van der Waals surface area contributed by atoms with Gasteiger partial charge in [-0.05, 0) is 43.3 Å². The van der Waals surface area contributed by atoms with E-state index in [2.05, 4.69) is 6.07 Å². The van der Waals surface area contributed by atoms with Gasteiger partial charge in [0.25, 0.3) is 0 Å². The van der Waals surface area contributed by atoms with E-state index in [0.29, 0.717) is 6.54 Å². The number of thioether (sulfide) groups is 1. The fourth-order valence-corrected chi connectivity index (χ4v) is 2.22.